The number of aryl methyl sites for hydroxylation is 1. The van der Waals surface area contributed by atoms with Gasteiger partial charge < -0.3 is 0 Å². The molecule has 0 bridgehead atoms. The van der Waals surface area contributed by atoms with Crippen molar-refractivity contribution in [2.75, 3.05) is 0 Å². The Morgan fingerprint density at radius 1 is 0.591 bits per heavy atom. The van der Waals surface area contributed by atoms with E-state index in [2.05, 4.69) is 76.8 Å². The standard InChI is InChI=1S/C14H12.C7H9P/c1-3-7-13(8-4-1)11-12-14-9-5-2-6-10-14;1-6-2-4-7(8)5-3-6/h1-12H;2-5H,8H2,1H3. The molecule has 0 heterocycles. The van der Waals surface area contributed by atoms with E-state index in [1.54, 1.807) is 0 Å². The van der Waals surface area contributed by atoms with Crippen molar-refractivity contribution >= 4 is 26.7 Å². The summed E-state index contributed by atoms with van der Waals surface area (Å²) in [5, 5.41) is 1.25. The highest BCUT2D eigenvalue weighted by atomic mass is 31.0. The van der Waals surface area contributed by atoms with Gasteiger partial charge in [0.15, 0.2) is 0 Å². The van der Waals surface area contributed by atoms with Gasteiger partial charge in [0.25, 0.3) is 0 Å². The topological polar surface area (TPSA) is 0 Å². The molecule has 0 aromatic heterocycles. The summed E-state index contributed by atoms with van der Waals surface area (Å²) < 4.78 is 0. The molecule has 0 aliphatic rings. The van der Waals surface area contributed by atoms with Crippen molar-refractivity contribution in [3.8, 4) is 0 Å². The van der Waals surface area contributed by atoms with E-state index in [0.29, 0.717) is 0 Å². The van der Waals surface area contributed by atoms with Gasteiger partial charge in [-0.05, 0) is 23.4 Å². The maximum Gasteiger partial charge on any atom is -0.0256 e. The number of hydrogen-bond donors (Lipinski definition) is 0. The first kappa shape index (κ1) is 16.2. The quantitative estimate of drug-likeness (QED) is 0.442. The van der Waals surface area contributed by atoms with E-state index in [9.17, 15) is 0 Å². The Morgan fingerprint density at radius 3 is 1.36 bits per heavy atom. The Bertz CT molecular complexity index is 620. The van der Waals surface area contributed by atoms with Gasteiger partial charge in [0, 0.05) is 0 Å². The average molecular weight is 304 g/mol. The summed E-state index contributed by atoms with van der Waals surface area (Å²) in [7, 11) is 2.65. The van der Waals surface area contributed by atoms with Crippen LogP contribution in [0.3, 0.4) is 0 Å². The summed E-state index contributed by atoms with van der Waals surface area (Å²) >= 11 is 0. The predicted octanol–water partition coefficient (Wildman–Crippen LogP) is 5.35. The zero-order valence-corrected chi connectivity index (χ0v) is 14.0. The molecule has 22 heavy (non-hydrogen) atoms. The molecule has 3 aromatic carbocycles. The molecule has 0 saturated heterocycles. The maximum absolute atomic E-state index is 2.65. The van der Waals surface area contributed by atoms with Crippen LogP contribution in [0.4, 0.5) is 0 Å². The van der Waals surface area contributed by atoms with Crippen LogP contribution in [0.2, 0.25) is 0 Å². The molecule has 3 aromatic rings. The Kier molecular flexibility index (Phi) is 6.61. The van der Waals surface area contributed by atoms with Gasteiger partial charge in [0.2, 0.25) is 0 Å². The summed E-state index contributed by atoms with van der Waals surface area (Å²) in [5.74, 6) is 0. The summed E-state index contributed by atoms with van der Waals surface area (Å²) in [6.07, 6.45) is 4.24. The van der Waals surface area contributed by atoms with Gasteiger partial charge >= 0.3 is 0 Å². The highest BCUT2D eigenvalue weighted by Crippen LogP contribution is 2.06. The summed E-state index contributed by atoms with van der Waals surface area (Å²) in [6, 6.07) is 29.0. The van der Waals surface area contributed by atoms with E-state index in [4.69, 9.17) is 0 Å². The van der Waals surface area contributed by atoms with Crippen molar-refractivity contribution in [3.05, 3.63) is 102 Å². The molecule has 0 N–H and O–H groups in total. The van der Waals surface area contributed by atoms with Gasteiger partial charge in [0.1, 0.15) is 0 Å². The van der Waals surface area contributed by atoms with Crippen molar-refractivity contribution in [1.29, 1.82) is 0 Å². The first-order valence-corrected chi connectivity index (χ1v) is 7.92. The monoisotopic (exact) mass is 304 g/mol. The lowest BCUT2D eigenvalue weighted by Gasteiger charge is -1.92. The van der Waals surface area contributed by atoms with Crippen LogP contribution < -0.4 is 5.30 Å². The molecule has 0 saturated carbocycles. The second kappa shape index (κ2) is 8.97. The van der Waals surface area contributed by atoms with E-state index < -0.39 is 0 Å². The fourth-order valence-electron chi connectivity index (χ4n) is 1.89. The predicted molar refractivity (Wildman–Crippen MR) is 102 cm³/mol. The van der Waals surface area contributed by atoms with E-state index in [1.165, 1.54) is 22.0 Å². The zero-order chi connectivity index (χ0) is 15.6. The van der Waals surface area contributed by atoms with Crippen LogP contribution in [-0.4, -0.2) is 0 Å². The van der Waals surface area contributed by atoms with Crippen LogP contribution in [0.25, 0.3) is 12.2 Å². The Hall–Kier alpha value is -2.17. The fourth-order valence-corrected chi connectivity index (χ4v) is 2.08. The Labute approximate surface area is 135 Å². The van der Waals surface area contributed by atoms with Crippen LogP contribution in [0.15, 0.2) is 84.9 Å². The molecular weight excluding hydrogens is 283 g/mol. The zero-order valence-electron chi connectivity index (χ0n) is 12.8. The second-order valence-corrected chi connectivity index (χ2v) is 5.73. The van der Waals surface area contributed by atoms with E-state index >= 15 is 0 Å². The minimum atomic E-state index is 1.23. The molecule has 0 aliphatic carbocycles. The lowest BCUT2D eigenvalue weighted by atomic mass is 10.1. The lowest BCUT2D eigenvalue weighted by Crippen LogP contribution is -1.85. The molecule has 1 heteroatoms. The van der Waals surface area contributed by atoms with Gasteiger partial charge in [-0.3, -0.25) is 0 Å². The molecule has 0 aliphatic heterocycles. The van der Waals surface area contributed by atoms with Gasteiger partial charge in [-0.1, -0.05) is 103 Å². The molecule has 0 radical (unpaired) electrons. The number of rotatable bonds is 2. The molecular formula is C21H21P. The molecule has 0 amide bonds. The normalized spacial score (nSPS) is 10.1. The molecule has 1 unspecified atom stereocenters. The summed E-state index contributed by atoms with van der Waals surface area (Å²) in [4.78, 5) is 0. The number of benzene rings is 3. The van der Waals surface area contributed by atoms with E-state index in [-0.39, 0.29) is 0 Å². The van der Waals surface area contributed by atoms with Gasteiger partial charge in [-0.25, -0.2) is 0 Å². The van der Waals surface area contributed by atoms with E-state index in [0.717, 1.165) is 0 Å². The Balaban J connectivity index is 0.000000188. The van der Waals surface area contributed by atoms with Crippen LogP contribution in [0, 0.1) is 6.92 Å². The van der Waals surface area contributed by atoms with Gasteiger partial charge in [0.05, 0.1) is 0 Å². The third kappa shape index (κ3) is 6.08. The highest BCUT2D eigenvalue weighted by molar-refractivity contribution is 7.27. The van der Waals surface area contributed by atoms with Crippen LogP contribution >= 0.6 is 9.24 Å². The molecule has 0 nitrogen and oxygen atoms in total. The van der Waals surface area contributed by atoms with Crippen molar-refractivity contribution in [1.82, 2.24) is 0 Å². The van der Waals surface area contributed by atoms with Gasteiger partial charge in [-0.15, -0.1) is 9.24 Å². The molecule has 3 rings (SSSR count). The summed E-state index contributed by atoms with van der Waals surface area (Å²) in [6.45, 7) is 2.09. The van der Waals surface area contributed by atoms with Crippen LogP contribution in [0.1, 0.15) is 16.7 Å². The van der Waals surface area contributed by atoms with Crippen LogP contribution in [0.5, 0.6) is 0 Å². The van der Waals surface area contributed by atoms with Gasteiger partial charge in [-0.2, -0.15) is 0 Å². The number of hydrogen-bond acceptors (Lipinski definition) is 0. The van der Waals surface area contributed by atoms with Crippen molar-refractivity contribution in [2.45, 2.75) is 6.92 Å². The lowest BCUT2D eigenvalue weighted by molar-refractivity contribution is 1.49. The molecule has 0 fully saturated rings. The first-order chi connectivity index (χ1) is 10.7. The van der Waals surface area contributed by atoms with Crippen molar-refractivity contribution in [3.63, 3.8) is 0 Å². The van der Waals surface area contributed by atoms with Crippen molar-refractivity contribution in [2.24, 2.45) is 0 Å². The average Bonchev–Trinajstić information content (AvgIpc) is 2.58. The maximum atomic E-state index is 2.65. The third-order valence-corrected chi connectivity index (χ3v) is 3.53. The van der Waals surface area contributed by atoms with Crippen molar-refractivity contribution < 1.29 is 0 Å². The first-order valence-electron chi connectivity index (χ1n) is 7.34. The third-order valence-electron chi connectivity index (χ3n) is 3.14. The Morgan fingerprint density at radius 2 is 1.00 bits per heavy atom. The summed E-state index contributed by atoms with van der Waals surface area (Å²) in [5.41, 5.74) is 3.78. The SMILES string of the molecule is C(=Cc1ccccc1)c1ccccc1.Cc1ccc(P)cc1. The molecule has 0 spiro atoms. The largest absolute Gasteiger partial charge is 0.106 e. The highest BCUT2D eigenvalue weighted by Gasteiger charge is 1.84. The minimum absolute atomic E-state index is 1.23. The minimum Gasteiger partial charge on any atom is -0.106 e. The van der Waals surface area contributed by atoms with E-state index in [1.807, 2.05) is 36.4 Å². The molecule has 1 atom stereocenters. The van der Waals surface area contributed by atoms with Crippen LogP contribution in [-0.2, 0) is 0 Å². The molecule has 110 valence electrons. The fraction of sp³-hybridized carbons (Fsp3) is 0.0476. The smallest absolute Gasteiger partial charge is 0.0256 e. The second-order valence-electron chi connectivity index (χ2n) is 5.07.